The third-order valence-corrected chi connectivity index (χ3v) is 5.73. The van der Waals surface area contributed by atoms with Gasteiger partial charge in [0, 0.05) is 17.6 Å². The fourth-order valence-corrected chi connectivity index (χ4v) is 3.89. The van der Waals surface area contributed by atoms with Gasteiger partial charge in [-0.05, 0) is 66.9 Å². The number of carbonyl (C=O) groups is 1. The van der Waals surface area contributed by atoms with Crippen molar-refractivity contribution in [2.24, 2.45) is 0 Å². The van der Waals surface area contributed by atoms with E-state index in [4.69, 9.17) is 14.2 Å². The van der Waals surface area contributed by atoms with Gasteiger partial charge in [0.05, 0.1) is 31.1 Å². The third-order valence-electron chi connectivity index (χ3n) is 5.73. The summed E-state index contributed by atoms with van der Waals surface area (Å²) < 4.78 is 16.9. The minimum Gasteiger partial charge on any atom is -0.493 e. The lowest BCUT2D eigenvalue weighted by Crippen LogP contribution is -2.23. The fourth-order valence-electron chi connectivity index (χ4n) is 3.89. The lowest BCUT2D eigenvalue weighted by atomic mass is 10.1. The Hall–Kier alpha value is -4.26. The lowest BCUT2D eigenvalue weighted by Gasteiger charge is -2.20. The summed E-state index contributed by atoms with van der Waals surface area (Å²) in [5.41, 5.74) is 3.02. The van der Waals surface area contributed by atoms with Crippen molar-refractivity contribution in [3.05, 3.63) is 78.5 Å². The van der Waals surface area contributed by atoms with Crippen molar-refractivity contribution in [3.63, 3.8) is 0 Å². The van der Waals surface area contributed by atoms with Gasteiger partial charge < -0.3 is 19.3 Å². The number of methoxy groups -OCH3 is 2. The van der Waals surface area contributed by atoms with Gasteiger partial charge in [0.15, 0.2) is 11.5 Å². The molecule has 0 unspecified atom stereocenters. The van der Waals surface area contributed by atoms with Crippen LogP contribution in [0.4, 0.5) is 16.2 Å². The number of hydrogen-bond acceptors (Lipinski definition) is 5. The number of amides is 1. The molecule has 1 amide bonds. The van der Waals surface area contributed by atoms with Crippen LogP contribution in [0.15, 0.2) is 72.9 Å². The first-order chi connectivity index (χ1) is 17.0. The van der Waals surface area contributed by atoms with E-state index in [-0.39, 0.29) is 0 Å². The van der Waals surface area contributed by atoms with Gasteiger partial charge in [0.1, 0.15) is 11.5 Å². The van der Waals surface area contributed by atoms with E-state index in [1.807, 2.05) is 30.3 Å². The predicted molar refractivity (Wildman–Crippen MR) is 137 cm³/mol. The summed E-state index contributed by atoms with van der Waals surface area (Å²) in [4.78, 5) is 17.7. The van der Waals surface area contributed by atoms with Crippen molar-refractivity contribution < 1.29 is 24.1 Å². The van der Waals surface area contributed by atoms with Crippen molar-refractivity contribution >= 4 is 28.4 Å². The molecule has 7 nitrogen and oxygen atoms in total. The second kappa shape index (κ2) is 10.8. The molecular formula is C28H28N2O5. The Morgan fingerprint density at radius 2 is 1.51 bits per heavy atom. The number of unbranched alkanes of at least 4 members (excludes halogenated alkanes) is 1. The average Bonchev–Trinajstić information content (AvgIpc) is 2.88. The molecule has 180 valence electrons. The summed E-state index contributed by atoms with van der Waals surface area (Å²) in [5.74, 6) is 2.32. The van der Waals surface area contributed by atoms with E-state index >= 15 is 0 Å². The summed E-state index contributed by atoms with van der Waals surface area (Å²) in [7, 11) is 3.15. The van der Waals surface area contributed by atoms with E-state index in [1.54, 1.807) is 56.8 Å². The zero-order chi connectivity index (χ0) is 24.8. The highest BCUT2D eigenvalue weighted by molar-refractivity contribution is 5.95. The number of ether oxygens (including phenoxy) is 3. The van der Waals surface area contributed by atoms with Gasteiger partial charge in [-0.1, -0.05) is 25.5 Å². The Labute approximate surface area is 204 Å². The summed E-state index contributed by atoms with van der Waals surface area (Å²) in [5, 5.41) is 10.6. The van der Waals surface area contributed by atoms with Gasteiger partial charge in [-0.25, -0.2) is 9.69 Å². The van der Waals surface area contributed by atoms with E-state index in [9.17, 15) is 9.90 Å². The molecule has 7 heteroatoms. The molecule has 4 rings (SSSR count). The Kier molecular flexibility index (Phi) is 7.35. The number of pyridine rings is 1. The predicted octanol–water partition coefficient (Wildman–Crippen LogP) is 7.20. The van der Waals surface area contributed by atoms with Crippen LogP contribution >= 0.6 is 0 Å². The molecule has 0 atom stereocenters. The number of rotatable bonds is 9. The van der Waals surface area contributed by atoms with Crippen molar-refractivity contribution in [2.45, 2.75) is 26.2 Å². The largest absolute Gasteiger partial charge is 0.493 e. The van der Waals surface area contributed by atoms with Crippen molar-refractivity contribution in [3.8, 4) is 23.0 Å². The molecule has 0 saturated carbocycles. The Morgan fingerprint density at radius 1 is 0.886 bits per heavy atom. The number of aryl methyl sites for hydroxylation is 1. The first kappa shape index (κ1) is 23.9. The average molecular weight is 473 g/mol. The number of benzene rings is 3. The zero-order valence-corrected chi connectivity index (χ0v) is 20.0. The highest BCUT2D eigenvalue weighted by Gasteiger charge is 2.17. The number of fused-ring (bicyclic) bond motifs is 1. The third kappa shape index (κ3) is 5.30. The lowest BCUT2D eigenvalue weighted by molar-refractivity contribution is 0.205. The van der Waals surface area contributed by atoms with E-state index in [1.165, 1.54) is 10.5 Å². The van der Waals surface area contributed by atoms with Crippen LogP contribution in [0.3, 0.4) is 0 Å². The van der Waals surface area contributed by atoms with Crippen LogP contribution in [0.2, 0.25) is 0 Å². The Balaban J connectivity index is 1.58. The standard InChI is InChI=1S/C28H28N2O5/c1-4-5-6-19-7-9-20(10-8-19)30(28(31)32)21-11-13-22(14-12-21)35-25-15-16-29-24-18-27(34-3)26(33-2)17-23(24)25/h7-18H,4-6H2,1-3H3,(H,31,32). The van der Waals surface area contributed by atoms with Crippen LogP contribution in [0.5, 0.6) is 23.0 Å². The normalized spacial score (nSPS) is 10.7. The highest BCUT2D eigenvalue weighted by atomic mass is 16.5. The molecule has 1 aromatic heterocycles. The van der Waals surface area contributed by atoms with Crippen molar-refractivity contribution in [2.75, 3.05) is 19.1 Å². The molecule has 35 heavy (non-hydrogen) atoms. The van der Waals surface area contributed by atoms with E-state index < -0.39 is 6.09 Å². The molecule has 0 fully saturated rings. The van der Waals surface area contributed by atoms with Gasteiger partial charge in [-0.15, -0.1) is 0 Å². The van der Waals surface area contributed by atoms with Gasteiger partial charge in [0.25, 0.3) is 0 Å². The van der Waals surface area contributed by atoms with Crippen LogP contribution in [0, 0.1) is 0 Å². The molecule has 1 heterocycles. The van der Waals surface area contributed by atoms with Gasteiger partial charge in [-0.3, -0.25) is 4.98 Å². The molecule has 0 aliphatic heterocycles. The van der Waals surface area contributed by atoms with Crippen LogP contribution in [-0.2, 0) is 6.42 Å². The monoisotopic (exact) mass is 472 g/mol. The summed E-state index contributed by atoms with van der Waals surface area (Å²) in [6.07, 6.45) is 3.82. The number of hydrogen-bond donors (Lipinski definition) is 1. The molecule has 1 N–H and O–H groups in total. The van der Waals surface area contributed by atoms with E-state index in [2.05, 4.69) is 11.9 Å². The molecule has 3 aromatic carbocycles. The quantitative estimate of drug-likeness (QED) is 0.277. The van der Waals surface area contributed by atoms with Crippen LogP contribution in [0.1, 0.15) is 25.3 Å². The molecular weight excluding hydrogens is 444 g/mol. The molecule has 0 bridgehead atoms. The van der Waals surface area contributed by atoms with Crippen LogP contribution in [0.25, 0.3) is 10.9 Å². The van der Waals surface area contributed by atoms with Gasteiger partial charge in [-0.2, -0.15) is 0 Å². The maximum Gasteiger partial charge on any atom is 0.416 e. The van der Waals surface area contributed by atoms with Gasteiger partial charge in [0.2, 0.25) is 0 Å². The molecule has 0 aliphatic rings. The van der Waals surface area contributed by atoms with E-state index in [0.29, 0.717) is 39.9 Å². The first-order valence-electron chi connectivity index (χ1n) is 11.4. The molecule has 0 spiro atoms. The van der Waals surface area contributed by atoms with Gasteiger partial charge >= 0.3 is 6.09 Å². The molecule has 0 aliphatic carbocycles. The zero-order valence-electron chi connectivity index (χ0n) is 20.0. The topological polar surface area (TPSA) is 81.1 Å². The van der Waals surface area contributed by atoms with Crippen LogP contribution < -0.4 is 19.1 Å². The van der Waals surface area contributed by atoms with Crippen molar-refractivity contribution in [1.29, 1.82) is 0 Å². The highest BCUT2D eigenvalue weighted by Crippen LogP contribution is 2.37. The van der Waals surface area contributed by atoms with Crippen LogP contribution in [-0.4, -0.2) is 30.4 Å². The fraction of sp³-hybridized carbons (Fsp3) is 0.214. The summed E-state index contributed by atoms with van der Waals surface area (Å²) >= 11 is 0. The SMILES string of the molecule is CCCCc1ccc(N(C(=O)O)c2ccc(Oc3ccnc4cc(OC)c(OC)cc34)cc2)cc1. The summed E-state index contributed by atoms with van der Waals surface area (Å²) in [6.45, 7) is 2.15. The Bertz CT molecular complexity index is 1300. The molecule has 0 radical (unpaired) electrons. The molecule has 4 aromatic rings. The second-order valence-corrected chi connectivity index (χ2v) is 8.02. The first-order valence-corrected chi connectivity index (χ1v) is 11.4. The number of aromatic nitrogens is 1. The summed E-state index contributed by atoms with van der Waals surface area (Å²) in [6, 6.07) is 20.0. The number of anilines is 2. The minimum absolute atomic E-state index is 0.525. The smallest absolute Gasteiger partial charge is 0.416 e. The maximum absolute atomic E-state index is 12.1. The molecule has 0 saturated heterocycles. The number of carboxylic acid groups (broad SMARTS) is 1. The second-order valence-electron chi connectivity index (χ2n) is 8.02. The maximum atomic E-state index is 12.1. The minimum atomic E-state index is -1.05. The van der Waals surface area contributed by atoms with E-state index in [0.717, 1.165) is 24.6 Å². The number of nitrogens with zero attached hydrogens (tertiary/aromatic N) is 2. The van der Waals surface area contributed by atoms with Crippen molar-refractivity contribution in [1.82, 2.24) is 4.98 Å². The Morgan fingerprint density at radius 3 is 2.11 bits per heavy atom.